The number of carbonyl (C=O) groups is 2. The second-order valence-corrected chi connectivity index (χ2v) is 11.6. The van der Waals surface area contributed by atoms with Gasteiger partial charge >= 0.3 is 12.1 Å². The molecule has 0 saturated carbocycles. The Morgan fingerprint density at radius 1 is 1.10 bits per heavy atom. The van der Waals surface area contributed by atoms with E-state index in [0.29, 0.717) is 12.1 Å². The van der Waals surface area contributed by atoms with Gasteiger partial charge in [0.15, 0.2) is 0 Å². The molecule has 0 bridgehead atoms. The van der Waals surface area contributed by atoms with Crippen LogP contribution in [-0.4, -0.2) is 43.6 Å². The lowest BCUT2D eigenvalue weighted by Gasteiger charge is -2.38. The maximum atomic E-state index is 14.6. The zero-order chi connectivity index (χ0) is 29.7. The van der Waals surface area contributed by atoms with Crippen LogP contribution in [0.4, 0.5) is 27.6 Å². The molecule has 0 aromatic heterocycles. The lowest BCUT2D eigenvalue weighted by molar-refractivity contribution is -0.146. The Hall–Kier alpha value is -4.20. The molecule has 2 N–H and O–H groups in total. The van der Waals surface area contributed by atoms with Gasteiger partial charge in [0.1, 0.15) is 29.0 Å². The summed E-state index contributed by atoms with van der Waals surface area (Å²) in [5.74, 6) is -3.54. The third-order valence-corrected chi connectivity index (χ3v) is 8.80. The molecule has 0 radical (unpaired) electrons. The first-order chi connectivity index (χ1) is 19.2. The van der Waals surface area contributed by atoms with Gasteiger partial charge in [-0.2, -0.15) is 13.2 Å². The minimum Gasteiger partial charge on any atom is -0.486 e. The van der Waals surface area contributed by atoms with Crippen LogP contribution in [-0.2, 0) is 25.8 Å². The van der Waals surface area contributed by atoms with Gasteiger partial charge < -0.3 is 15.2 Å². The molecule has 3 aromatic carbocycles. The molecule has 0 aliphatic carbocycles. The van der Waals surface area contributed by atoms with Gasteiger partial charge in [0, 0.05) is 18.4 Å². The number of carboxylic acid groups (broad SMARTS) is 1. The number of carbonyl (C=O) groups excluding carboxylic acids is 1. The van der Waals surface area contributed by atoms with Gasteiger partial charge in [-0.25, -0.2) is 22.0 Å². The summed E-state index contributed by atoms with van der Waals surface area (Å²) in [5, 5.41) is 12.3. The summed E-state index contributed by atoms with van der Waals surface area (Å²) >= 11 is 0. The maximum absolute atomic E-state index is 14.6. The van der Waals surface area contributed by atoms with Gasteiger partial charge in [-0.05, 0) is 60.5 Å². The van der Waals surface area contributed by atoms with Crippen molar-refractivity contribution in [2.24, 2.45) is 0 Å². The Bertz CT molecular complexity index is 1660. The van der Waals surface area contributed by atoms with Crippen LogP contribution in [0, 0.1) is 11.6 Å². The van der Waals surface area contributed by atoms with Gasteiger partial charge in [-0.1, -0.05) is 12.1 Å². The molecule has 14 heteroatoms. The highest BCUT2D eigenvalue weighted by molar-refractivity contribution is 7.92. The van der Waals surface area contributed by atoms with Crippen molar-refractivity contribution in [2.75, 3.05) is 10.8 Å². The maximum Gasteiger partial charge on any atom is 0.416 e. The van der Waals surface area contributed by atoms with Crippen molar-refractivity contribution in [3.63, 3.8) is 0 Å². The largest absolute Gasteiger partial charge is 0.486 e. The van der Waals surface area contributed by atoms with Crippen molar-refractivity contribution in [1.82, 2.24) is 5.32 Å². The first-order valence-corrected chi connectivity index (χ1v) is 13.6. The zero-order valence-electron chi connectivity index (χ0n) is 20.9. The van der Waals surface area contributed by atoms with Crippen molar-refractivity contribution in [2.45, 2.75) is 42.0 Å². The number of fused-ring (bicyclic) bond motifs is 1. The van der Waals surface area contributed by atoms with Crippen molar-refractivity contribution in [3.05, 3.63) is 77.9 Å². The second-order valence-electron chi connectivity index (χ2n) is 9.75. The molecule has 41 heavy (non-hydrogen) atoms. The van der Waals surface area contributed by atoms with E-state index in [1.807, 2.05) is 0 Å². The average molecular weight is 597 g/mol. The molecule has 5 rings (SSSR count). The second kappa shape index (κ2) is 10.0. The Morgan fingerprint density at radius 3 is 2.51 bits per heavy atom. The molecule has 2 atom stereocenters. The van der Waals surface area contributed by atoms with E-state index in [-0.39, 0.29) is 41.8 Å². The topological polar surface area (TPSA) is 113 Å². The van der Waals surface area contributed by atoms with E-state index in [4.69, 9.17) is 4.74 Å². The number of rotatable bonds is 6. The number of amides is 1. The molecule has 1 amide bonds. The Labute approximate surface area is 230 Å². The lowest BCUT2D eigenvalue weighted by atomic mass is 9.90. The number of ether oxygens (including phenoxy) is 1. The Kier molecular flexibility index (Phi) is 6.92. The molecular formula is C27H21F5N2O6S. The highest BCUT2D eigenvalue weighted by atomic mass is 32.2. The third-order valence-electron chi connectivity index (χ3n) is 7.02. The summed E-state index contributed by atoms with van der Waals surface area (Å²) in [6.45, 7) is -0.550. The number of halogens is 5. The number of alkyl halides is 3. The summed E-state index contributed by atoms with van der Waals surface area (Å²) in [4.78, 5) is 23.3. The number of anilines is 1. The number of nitrogens with zero attached hydrogens (tertiary/aromatic N) is 1. The fourth-order valence-electron chi connectivity index (χ4n) is 5.00. The van der Waals surface area contributed by atoms with Crippen molar-refractivity contribution in [3.8, 4) is 16.9 Å². The van der Waals surface area contributed by atoms with E-state index in [0.717, 1.165) is 34.6 Å². The Balaban J connectivity index is 1.62. The molecule has 2 heterocycles. The van der Waals surface area contributed by atoms with E-state index in [1.54, 1.807) is 0 Å². The van der Waals surface area contributed by atoms with Crippen molar-refractivity contribution in [1.29, 1.82) is 0 Å². The number of aliphatic carboxylic acids is 1. The van der Waals surface area contributed by atoms with Crippen LogP contribution in [0.5, 0.6) is 5.75 Å². The fraction of sp³-hybridized carbons (Fsp3) is 0.259. The minimum atomic E-state index is -4.84. The zero-order valence-corrected chi connectivity index (χ0v) is 21.7. The highest BCUT2D eigenvalue weighted by Gasteiger charge is 2.48. The van der Waals surface area contributed by atoms with E-state index in [1.165, 1.54) is 18.2 Å². The monoisotopic (exact) mass is 596 g/mol. The average Bonchev–Trinajstić information content (AvgIpc) is 3.30. The minimum absolute atomic E-state index is 0.0529. The van der Waals surface area contributed by atoms with Crippen molar-refractivity contribution < 1.29 is 49.8 Å². The quantitative estimate of drug-likeness (QED) is 0.398. The summed E-state index contributed by atoms with van der Waals surface area (Å²) < 4.78 is 103. The predicted molar refractivity (Wildman–Crippen MR) is 135 cm³/mol. The summed E-state index contributed by atoms with van der Waals surface area (Å²) in [6, 6.07) is 9.55. The smallest absolute Gasteiger partial charge is 0.416 e. The number of nitrogens with one attached hydrogen (secondary N) is 1. The van der Waals surface area contributed by atoms with E-state index < -0.39 is 68.4 Å². The molecule has 0 spiro atoms. The van der Waals surface area contributed by atoms with Gasteiger partial charge in [-0.15, -0.1) is 0 Å². The summed E-state index contributed by atoms with van der Waals surface area (Å²) in [6.07, 6.45) is -6.53. The summed E-state index contributed by atoms with van der Waals surface area (Å²) in [5.41, 5.74) is -3.30. The number of benzene rings is 3. The number of hydrogen-bond acceptors (Lipinski definition) is 5. The van der Waals surface area contributed by atoms with Gasteiger partial charge in [0.2, 0.25) is 5.91 Å². The van der Waals surface area contributed by atoms with E-state index in [2.05, 4.69) is 5.32 Å². The molecule has 8 nitrogen and oxygen atoms in total. The molecule has 2 aliphatic heterocycles. The summed E-state index contributed by atoms with van der Waals surface area (Å²) in [7, 11) is -4.74. The molecular weight excluding hydrogens is 575 g/mol. The predicted octanol–water partition coefficient (Wildman–Crippen LogP) is 4.73. The van der Waals surface area contributed by atoms with Gasteiger partial charge in [-0.3, -0.25) is 9.10 Å². The molecule has 3 aromatic rings. The molecule has 1 saturated heterocycles. The fourth-order valence-corrected chi connectivity index (χ4v) is 6.55. The molecule has 1 fully saturated rings. The van der Waals surface area contributed by atoms with Gasteiger partial charge in [0.05, 0.1) is 22.7 Å². The third kappa shape index (κ3) is 5.31. The molecule has 2 aliphatic rings. The first-order valence-electron chi connectivity index (χ1n) is 12.2. The number of sulfonamides is 1. The normalized spacial score (nSPS) is 20.8. The van der Waals surface area contributed by atoms with E-state index in [9.17, 15) is 45.1 Å². The van der Waals surface area contributed by atoms with Crippen LogP contribution in [0.1, 0.15) is 24.8 Å². The van der Waals surface area contributed by atoms with E-state index >= 15 is 0 Å². The van der Waals surface area contributed by atoms with Crippen LogP contribution >= 0.6 is 0 Å². The standard InChI is InChI=1S/C27H21F5N2O6S/c28-17-5-6-21(29)20(12-17)15-4-7-23-22(10-15)34(41(38,39)19-3-1-2-16(11-19)27(30,31)32)14-18(40-23)13-26(25(36)37)9-8-24(35)33-26/h1-7,10-12,18H,8-9,13-14H2,(H,33,35)(H,36,37)/t18?,26-/m0/s1. The SMILES string of the molecule is O=C1CC[C@](CC2CN(S(=O)(=O)c3cccc(C(F)(F)F)c3)c3cc(-c4cc(F)ccc4F)ccc3O2)(C(=O)O)N1. The van der Waals surface area contributed by atoms with Crippen LogP contribution in [0.15, 0.2) is 65.6 Å². The Morgan fingerprint density at radius 2 is 1.85 bits per heavy atom. The number of carboxylic acids is 1. The molecule has 216 valence electrons. The van der Waals surface area contributed by atoms with Crippen molar-refractivity contribution >= 4 is 27.6 Å². The van der Waals surface area contributed by atoms with Gasteiger partial charge in [0.25, 0.3) is 10.0 Å². The highest BCUT2D eigenvalue weighted by Crippen LogP contribution is 2.42. The first kappa shape index (κ1) is 28.3. The molecule has 1 unspecified atom stereocenters. The number of hydrogen-bond donors (Lipinski definition) is 2. The van der Waals surface area contributed by atoms with Crippen LogP contribution in [0.25, 0.3) is 11.1 Å². The van der Waals surface area contributed by atoms with Crippen LogP contribution in [0.3, 0.4) is 0 Å². The lowest BCUT2D eigenvalue weighted by Crippen LogP contribution is -2.54. The van der Waals surface area contributed by atoms with Crippen LogP contribution in [0.2, 0.25) is 0 Å². The van der Waals surface area contributed by atoms with Crippen LogP contribution < -0.4 is 14.4 Å².